The van der Waals surface area contributed by atoms with Crippen molar-refractivity contribution in [1.82, 2.24) is 14.9 Å². The summed E-state index contributed by atoms with van der Waals surface area (Å²) in [6, 6.07) is 5.91. The summed E-state index contributed by atoms with van der Waals surface area (Å²) in [6.45, 7) is 6.64. The molecule has 2 aliphatic rings. The van der Waals surface area contributed by atoms with Crippen molar-refractivity contribution >= 4 is 28.5 Å². The second-order valence-corrected chi connectivity index (χ2v) is 9.26. The predicted molar refractivity (Wildman–Crippen MR) is 132 cm³/mol. The molecule has 33 heavy (non-hydrogen) atoms. The average Bonchev–Trinajstić information content (AvgIpc) is 3.16. The number of ketones is 1. The Bertz CT molecular complexity index is 1090. The second kappa shape index (κ2) is 10.3. The Balaban J connectivity index is 1.57. The number of aromatic nitrogens is 2. The summed E-state index contributed by atoms with van der Waals surface area (Å²) in [6.07, 6.45) is 10.3. The zero-order valence-electron chi connectivity index (χ0n) is 19.7. The Morgan fingerprint density at radius 3 is 2.76 bits per heavy atom. The van der Waals surface area contributed by atoms with E-state index in [9.17, 15) is 9.90 Å². The van der Waals surface area contributed by atoms with Crippen molar-refractivity contribution in [2.24, 2.45) is 4.99 Å². The number of carbonyl (C=O) groups is 1. The van der Waals surface area contributed by atoms with Crippen molar-refractivity contribution in [1.29, 1.82) is 0 Å². The lowest BCUT2D eigenvalue weighted by atomic mass is 10.0. The molecule has 4 rings (SSSR count). The number of aliphatic hydroxyl groups is 1. The second-order valence-electron chi connectivity index (χ2n) is 9.26. The Labute approximate surface area is 195 Å². The summed E-state index contributed by atoms with van der Waals surface area (Å²) in [5, 5.41) is 20.6. The number of rotatable bonds is 9. The predicted octanol–water partition coefficient (Wildman–Crippen LogP) is 2.83. The summed E-state index contributed by atoms with van der Waals surface area (Å²) < 4.78 is 2.99. The number of hydrogen-bond donors (Lipinski definition) is 3. The molecule has 0 bridgehead atoms. The van der Waals surface area contributed by atoms with Crippen molar-refractivity contribution in [2.75, 3.05) is 51.7 Å². The molecule has 8 heteroatoms. The first-order valence-corrected chi connectivity index (χ1v) is 11.9. The van der Waals surface area contributed by atoms with Crippen LogP contribution in [-0.2, 0) is 4.79 Å². The molecule has 0 radical (unpaired) electrons. The first-order chi connectivity index (χ1) is 16.0. The molecular weight excluding hydrogens is 416 g/mol. The van der Waals surface area contributed by atoms with Crippen LogP contribution < -0.4 is 10.6 Å². The number of anilines is 1. The third kappa shape index (κ3) is 5.51. The first-order valence-electron chi connectivity index (χ1n) is 11.9. The fraction of sp³-hybridized carbons (Fsp3) is 0.480. The largest absolute Gasteiger partial charge is 0.395 e. The van der Waals surface area contributed by atoms with Crippen molar-refractivity contribution < 1.29 is 14.4 Å². The molecule has 176 valence electrons. The van der Waals surface area contributed by atoms with Gasteiger partial charge in [-0.3, -0.25) is 4.79 Å². The summed E-state index contributed by atoms with van der Waals surface area (Å²) in [4.78, 5) is 17.1. The van der Waals surface area contributed by atoms with Gasteiger partial charge in [0, 0.05) is 31.8 Å². The smallest absolute Gasteiger partial charge is 0.183 e. The van der Waals surface area contributed by atoms with E-state index in [-0.39, 0.29) is 12.4 Å². The van der Waals surface area contributed by atoms with Gasteiger partial charge in [-0.1, -0.05) is 6.07 Å². The van der Waals surface area contributed by atoms with Gasteiger partial charge in [0.25, 0.3) is 0 Å². The third-order valence-electron chi connectivity index (χ3n) is 6.53. The minimum Gasteiger partial charge on any atom is -0.395 e. The van der Waals surface area contributed by atoms with Crippen LogP contribution in [0.2, 0.25) is 0 Å². The van der Waals surface area contributed by atoms with Gasteiger partial charge in [-0.25, -0.2) is 9.51 Å². The Hall–Kier alpha value is -2.97. The molecule has 0 spiro atoms. The van der Waals surface area contributed by atoms with Crippen molar-refractivity contribution in [2.45, 2.75) is 32.6 Å². The number of hydrogen-bond acceptors (Lipinski definition) is 6. The van der Waals surface area contributed by atoms with E-state index in [1.54, 1.807) is 19.1 Å². The molecule has 1 fully saturated rings. The summed E-state index contributed by atoms with van der Waals surface area (Å²) in [7, 11) is 2.37. The standard InChI is InChI=1S/C25H34N6O2/c1-19-17-21(20(18-23(19)33)26-11-16-32)28-24-22-9-4-5-12-30(22)29-25(24)27-10-8-15-31(2)13-6-3-7-14-31/h4-5,9,12,17-18,32H,3,6-8,10-11,13-16H2,1-2H3,(H-,26,27,29,33)/p+1. The molecule has 2 aromatic rings. The summed E-state index contributed by atoms with van der Waals surface area (Å²) in [5.74, 6) is 0.682. The van der Waals surface area contributed by atoms with Crippen molar-refractivity contribution in [3.63, 3.8) is 0 Å². The highest BCUT2D eigenvalue weighted by molar-refractivity contribution is 6.22. The van der Waals surface area contributed by atoms with Crippen LogP contribution in [0.25, 0.3) is 5.52 Å². The highest BCUT2D eigenvalue weighted by Gasteiger charge is 2.24. The fourth-order valence-electron chi connectivity index (χ4n) is 4.60. The van der Waals surface area contributed by atoms with E-state index in [1.807, 2.05) is 28.9 Å². The number of nitrogens with zero attached hydrogens (tertiary/aromatic N) is 4. The molecule has 3 N–H and O–H groups in total. The average molecular weight is 452 g/mol. The molecule has 0 aromatic carbocycles. The first kappa shape index (κ1) is 23.2. The van der Waals surface area contributed by atoms with E-state index in [0.29, 0.717) is 23.5 Å². The zero-order valence-corrected chi connectivity index (χ0v) is 19.7. The molecule has 0 saturated carbocycles. The van der Waals surface area contributed by atoms with Gasteiger partial charge in [0.2, 0.25) is 0 Å². The topological polar surface area (TPSA) is 91.0 Å². The van der Waals surface area contributed by atoms with Crippen molar-refractivity contribution in [3.8, 4) is 0 Å². The summed E-state index contributed by atoms with van der Waals surface area (Å²) >= 11 is 0. The number of pyridine rings is 1. The molecule has 0 unspecified atom stereocenters. The third-order valence-corrected chi connectivity index (χ3v) is 6.53. The Morgan fingerprint density at radius 2 is 1.97 bits per heavy atom. The number of piperidine rings is 1. The van der Waals surface area contributed by atoms with E-state index in [1.165, 1.54) is 32.4 Å². The number of carbonyl (C=O) groups excluding carboxylic acids is 1. The lowest BCUT2D eigenvalue weighted by molar-refractivity contribution is -0.914. The van der Waals surface area contributed by atoms with Gasteiger partial charge < -0.3 is 20.2 Å². The fourth-order valence-corrected chi connectivity index (χ4v) is 4.60. The van der Waals surface area contributed by atoms with Gasteiger partial charge in [-0.2, -0.15) is 0 Å². The van der Waals surface area contributed by atoms with Crippen molar-refractivity contribution in [3.05, 3.63) is 47.8 Å². The minimum absolute atomic E-state index is 0.0253. The quantitative estimate of drug-likeness (QED) is 0.310. The lowest BCUT2D eigenvalue weighted by Crippen LogP contribution is -2.48. The number of allylic oxidation sites excluding steroid dienone is 3. The summed E-state index contributed by atoms with van der Waals surface area (Å²) in [5.41, 5.74) is 3.55. The lowest BCUT2D eigenvalue weighted by Gasteiger charge is -2.37. The van der Waals surface area contributed by atoms with Crippen LogP contribution in [0, 0.1) is 0 Å². The normalized spacial score (nSPS) is 19.5. The van der Waals surface area contributed by atoms with Gasteiger partial charge >= 0.3 is 0 Å². The molecule has 0 amide bonds. The number of nitrogens with one attached hydrogen (secondary N) is 2. The van der Waals surface area contributed by atoms with Gasteiger partial charge in [0.05, 0.1) is 50.2 Å². The number of quaternary nitrogens is 1. The highest BCUT2D eigenvalue weighted by atomic mass is 16.3. The van der Waals surface area contributed by atoms with Gasteiger partial charge in [-0.05, 0) is 50.0 Å². The van der Waals surface area contributed by atoms with Crippen LogP contribution in [0.1, 0.15) is 32.6 Å². The SMILES string of the molecule is CC1=CC(=Nc2c(NCCC[N+]3(C)CCCCC3)nn3ccccc23)C(NCCO)=CC1=O. The van der Waals surface area contributed by atoms with Gasteiger partial charge in [0.1, 0.15) is 5.69 Å². The highest BCUT2D eigenvalue weighted by Crippen LogP contribution is 2.31. The van der Waals surface area contributed by atoms with Gasteiger partial charge in [-0.15, -0.1) is 5.10 Å². The minimum atomic E-state index is -0.0538. The Kier molecular flexibility index (Phi) is 7.25. The van der Waals surface area contributed by atoms with Crippen LogP contribution in [0.5, 0.6) is 0 Å². The molecule has 1 saturated heterocycles. The molecule has 0 atom stereocenters. The zero-order chi connectivity index (χ0) is 23.3. The number of fused-ring (bicyclic) bond motifs is 1. The maximum Gasteiger partial charge on any atom is 0.183 e. The van der Waals surface area contributed by atoms with Crippen LogP contribution in [-0.4, -0.2) is 77.1 Å². The molecule has 3 heterocycles. The molecule has 2 aromatic heterocycles. The van der Waals surface area contributed by atoms with Crippen LogP contribution in [0.3, 0.4) is 0 Å². The van der Waals surface area contributed by atoms with E-state index in [4.69, 9.17) is 10.1 Å². The van der Waals surface area contributed by atoms with E-state index in [0.717, 1.165) is 41.0 Å². The van der Waals surface area contributed by atoms with E-state index >= 15 is 0 Å². The number of aliphatic imine (C=N–C) groups is 1. The van der Waals surface area contributed by atoms with E-state index in [2.05, 4.69) is 17.7 Å². The molecule has 8 nitrogen and oxygen atoms in total. The monoisotopic (exact) mass is 451 g/mol. The molecular formula is C25H35N6O2+. The maximum atomic E-state index is 12.2. The van der Waals surface area contributed by atoms with E-state index < -0.39 is 0 Å². The Morgan fingerprint density at radius 1 is 1.15 bits per heavy atom. The molecule has 1 aliphatic heterocycles. The van der Waals surface area contributed by atoms with Crippen LogP contribution in [0.15, 0.2) is 52.8 Å². The maximum absolute atomic E-state index is 12.2. The number of aliphatic hydroxyl groups excluding tert-OH is 1. The van der Waals surface area contributed by atoms with Gasteiger partial charge in [0.15, 0.2) is 11.6 Å². The molecule has 1 aliphatic carbocycles. The van der Waals surface area contributed by atoms with Crippen LogP contribution >= 0.6 is 0 Å². The van der Waals surface area contributed by atoms with Crippen LogP contribution in [0.4, 0.5) is 11.5 Å². The number of likely N-dealkylation sites (tertiary alicyclic amines) is 1.